The molecule has 14 heteroatoms. The van der Waals surface area contributed by atoms with E-state index >= 15 is 0 Å². The van der Waals surface area contributed by atoms with E-state index in [2.05, 4.69) is 15.5 Å². The summed E-state index contributed by atoms with van der Waals surface area (Å²) in [4.78, 5) is 20.5. The maximum Gasteiger partial charge on any atom is 0.332 e. The highest BCUT2D eigenvalue weighted by Gasteiger charge is 2.58. The Morgan fingerprint density at radius 1 is 1.23 bits per heavy atom. The first kappa shape index (κ1) is 26.4. The van der Waals surface area contributed by atoms with Gasteiger partial charge in [0.2, 0.25) is 5.28 Å². The summed E-state index contributed by atoms with van der Waals surface area (Å²) in [5, 5.41) is 3.19. The molecule has 4 unspecified atom stereocenters. The van der Waals surface area contributed by atoms with Crippen molar-refractivity contribution in [2.75, 3.05) is 29.0 Å². The van der Waals surface area contributed by atoms with Gasteiger partial charge in [0.25, 0.3) is 0 Å². The van der Waals surface area contributed by atoms with Crippen LogP contribution in [-0.2, 0) is 23.7 Å². The van der Waals surface area contributed by atoms with Crippen molar-refractivity contribution in [2.24, 2.45) is 0 Å². The van der Waals surface area contributed by atoms with Crippen LogP contribution in [-0.4, -0.2) is 59.3 Å². The second kappa shape index (κ2) is 9.66. The normalized spacial score (nSPS) is 27.1. The second-order valence-electron chi connectivity index (χ2n) is 10.5. The molecule has 11 nitrogen and oxygen atoms in total. The lowest BCUT2D eigenvalue weighted by Gasteiger charge is -2.31. The van der Waals surface area contributed by atoms with Crippen molar-refractivity contribution in [3.8, 4) is 0 Å². The topological polar surface area (TPSA) is 124 Å². The van der Waals surface area contributed by atoms with E-state index in [0.717, 1.165) is 18.9 Å². The number of rotatable bonds is 7. The minimum atomic E-state index is -0.993. The third kappa shape index (κ3) is 4.76. The molecule has 3 heterocycles. The molecule has 3 N–H and O–H groups in total. The molecule has 0 bridgehead atoms. The van der Waals surface area contributed by atoms with Crippen LogP contribution in [0, 0.1) is 11.6 Å². The Balaban J connectivity index is 1.37. The third-order valence-electron chi connectivity index (χ3n) is 7.29. The first-order chi connectivity index (χ1) is 18.6. The number of carbonyl (C=O) groups excluding carboxylic acids is 1. The van der Waals surface area contributed by atoms with Gasteiger partial charge in [0.05, 0.1) is 24.4 Å². The van der Waals surface area contributed by atoms with Crippen LogP contribution in [0.5, 0.6) is 0 Å². The summed E-state index contributed by atoms with van der Waals surface area (Å²) in [7, 11) is 0. The van der Waals surface area contributed by atoms with E-state index in [1.165, 1.54) is 6.07 Å². The molecule has 2 aromatic rings. The van der Waals surface area contributed by atoms with Crippen molar-refractivity contribution in [1.29, 1.82) is 0 Å². The number of nitrogens with one attached hydrogen (secondary N) is 1. The molecule has 1 aromatic heterocycles. The van der Waals surface area contributed by atoms with Crippen molar-refractivity contribution in [2.45, 2.75) is 76.1 Å². The van der Waals surface area contributed by atoms with Gasteiger partial charge >= 0.3 is 5.97 Å². The fraction of sp³-hybridized carbons (Fsp3) is 0.560. The minimum Gasteiger partial charge on any atom is -0.464 e. The highest BCUT2D eigenvalue weighted by molar-refractivity contribution is 6.28. The average molecular weight is 567 g/mol. The van der Waals surface area contributed by atoms with Gasteiger partial charge in [-0.25, -0.2) is 13.6 Å². The summed E-state index contributed by atoms with van der Waals surface area (Å²) in [6.45, 7) is 5.31. The Kier molecular flexibility index (Phi) is 6.54. The number of halogens is 3. The Morgan fingerprint density at radius 3 is 2.67 bits per heavy atom. The first-order valence-corrected chi connectivity index (χ1v) is 13.2. The van der Waals surface area contributed by atoms with Crippen LogP contribution in [0.4, 0.5) is 31.8 Å². The molecule has 2 aliphatic heterocycles. The van der Waals surface area contributed by atoms with Gasteiger partial charge < -0.3 is 24.7 Å². The van der Waals surface area contributed by atoms with E-state index in [1.807, 2.05) is 0 Å². The van der Waals surface area contributed by atoms with Crippen LogP contribution in [0.2, 0.25) is 5.28 Å². The molecule has 1 aromatic carbocycles. The molecule has 2 saturated carbocycles. The number of hydrogen-bond donors (Lipinski definition) is 2. The quantitative estimate of drug-likeness (QED) is 0.378. The summed E-state index contributed by atoms with van der Waals surface area (Å²) < 4.78 is 52.2. The zero-order chi connectivity index (χ0) is 27.6. The predicted octanol–water partition coefficient (Wildman–Crippen LogP) is 3.49. The molecule has 39 heavy (non-hydrogen) atoms. The van der Waals surface area contributed by atoms with Gasteiger partial charge in [-0.3, -0.25) is 10.0 Å². The maximum absolute atomic E-state index is 14.5. The van der Waals surface area contributed by atoms with Gasteiger partial charge in [-0.05, 0) is 62.8 Å². The lowest BCUT2D eigenvalue weighted by molar-refractivity contribution is -0.172. The highest BCUT2D eigenvalue weighted by atomic mass is 35.5. The molecule has 0 spiro atoms. The van der Waals surface area contributed by atoms with E-state index < -0.39 is 47.7 Å². The molecular formula is C25H29ClF2N6O5. The number of hydrogen-bond acceptors (Lipinski definition) is 11. The summed E-state index contributed by atoms with van der Waals surface area (Å²) in [5.41, 5.74) is 10.9. The molecule has 1 saturated heterocycles. The van der Waals surface area contributed by atoms with Crippen molar-refractivity contribution < 1.29 is 32.5 Å². The van der Waals surface area contributed by atoms with E-state index in [9.17, 15) is 13.6 Å². The minimum absolute atomic E-state index is 0.0556. The number of fused-ring (bicyclic) bond motifs is 2. The summed E-state index contributed by atoms with van der Waals surface area (Å²) in [6.07, 6.45) is 0.585. The lowest BCUT2D eigenvalue weighted by Crippen LogP contribution is -2.52. The van der Waals surface area contributed by atoms with Gasteiger partial charge in [-0.1, -0.05) is 0 Å². The van der Waals surface area contributed by atoms with Crippen molar-refractivity contribution >= 4 is 40.6 Å². The Morgan fingerprint density at radius 2 is 1.95 bits per heavy atom. The van der Waals surface area contributed by atoms with Gasteiger partial charge in [-0.2, -0.15) is 9.97 Å². The van der Waals surface area contributed by atoms with E-state index in [-0.39, 0.29) is 30.2 Å². The van der Waals surface area contributed by atoms with Gasteiger partial charge in [0, 0.05) is 12.5 Å². The molecule has 3 fully saturated rings. The van der Waals surface area contributed by atoms with Crippen LogP contribution < -0.4 is 21.3 Å². The molecule has 6 rings (SSSR count). The number of ether oxygens (including phenoxy) is 4. The number of nitrogens with zero attached hydrogens (tertiary/aromatic N) is 4. The standard InChI is InChI=1S/C25H29ClF2N6O5/c1-4-36-18(35)10-37-17-9-16(20-21(17)39-25(2,3)38-20)34-23-19(22(29)30-24(26)31-23)33(32-34)15-8-14(28)13(27)7-12(15)11-5-6-11/h7-8,11,16-17,20-21,32H,4-6,9-10H2,1-3H3,(H2,29,30,31). The largest absolute Gasteiger partial charge is 0.464 e. The molecule has 2 aliphatic carbocycles. The Hall–Kier alpha value is -2.84. The molecule has 4 atom stereocenters. The number of nitrogens with two attached hydrogens (primary N) is 1. The number of nitrogen functional groups attached to an aromatic ring is 1. The number of anilines is 4. The maximum atomic E-state index is 14.5. The van der Waals surface area contributed by atoms with Crippen molar-refractivity contribution in [1.82, 2.24) is 15.5 Å². The van der Waals surface area contributed by atoms with Crippen LogP contribution in [0.3, 0.4) is 0 Å². The van der Waals surface area contributed by atoms with Crippen LogP contribution in [0.15, 0.2) is 12.1 Å². The predicted molar refractivity (Wildman–Crippen MR) is 136 cm³/mol. The zero-order valence-corrected chi connectivity index (χ0v) is 22.4. The summed E-state index contributed by atoms with van der Waals surface area (Å²) in [5.74, 6) is -2.83. The third-order valence-corrected chi connectivity index (χ3v) is 7.46. The van der Waals surface area contributed by atoms with Crippen molar-refractivity contribution in [3.63, 3.8) is 0 Å². The van der Waals surface area contributed by atoms with E-state index in [0.29, 0.717) is 29.2 Å². The molecule has 210 valence electrons. The average Bonchev–Trinajstić information content (AvgIpc) is 3.47. The Bertz CT molecular complexity index is 1310. The first-order valence-electron chi connectivity index (χ1n) is 12.9. The lowest BCUT2D eigenvalue weighted by atomic mass is 10.1. The SMILES string of the molecule is CCOC(=O)COC1CC(N2NN(c3cc(F)c(F)cc3C3CC3)c3c(N)nc(Cl)nc32)C2OC(C)(C)OC12. The Labute approximate surface area is 228 Å². The van der Waals surface area contributed by atoms with Crippen molar-refractivity contribution in [3.05, 3.63) is 34.6 Å². The smallest absolute Gasteiger partial charge is 0.332 e. The monoisotopic (exact) mass is 566 g/mol. The fourth-order valence-corrected chi connectivity index (χ4v) is 5.76. The molecule has 0 radical (unpaired) electrons. The molecule has 4 aliphatic rings. The number of aromatic nitrogens is 2. The van der Waals surface area contributed by atoms with Crippen LogP contribution >= 0.6 is 11.6 Å². The van der Waals surface area contributed by atoms with E-state index in [4.69, 9.17) is 36.3 Å². The van der Waals surface area contributed by atoms with Crippen LogP contribution in [0.25, 0.3) is 0 Å². The number of esters is 1. The number of carbonyl (C=O) groups is 1. The van der Waals surface area contributed by atoms with Gasteiger partial charge in [0.1, 0.15) is 24.5 Å². The summed E-state index contributed by atoms with van der Waals surface area (Å²) in [6, 6.07) is 1.92. The molecular weight excluding hydrogens is 538 g/mol. The number of hydrazine groups is 2. The number of benzene rings is 1. The summed E-state index contributed by atoms with van der Waals surface area (Å²) >= 11 is 6.21. The zero-order valence-electron chi connectivity index (χ0n) is 21.6. The second-order valence-corrected chi connectivity index (χ2v) is 10.8. The highest BCUT2D eigenvalue weighted by Crippen LogP contribution is 2.51. The fourth-order valence-electron chi connectivity index (χ4n) is 5.59. The van der Waals surface area contributed by atoms with E-state index in [1.54, 1.807) is 30.8 Å². The van der Waals surface area contributed by atoms with Crippen LogP contribution in [0.1, 0.15) is 51.5 Å². The van der Waals surface area contributed by atoms with Gasteiger partial charge in [-0.15, -0.1) is 5.53 Å². The van der Waals surface area contributed by atoms with Gasteiger partial charge in [0.15, 0.2) is 29.1 Å². The molecule has 0 amide bonds.